The van der Waals surface area contributed by atoms with Crippen molar-refractivity contribution in [3.05, 3.63) is 81.5 Å². The van der Waals surface area contributed by atoms with Gasteiger partial charge in [0, 0.05) is 32.4 Å². The molecule has 0 spiro atoms. The fourth-order valence-corrected chi connectivity index (χ4v) is 5.31. The average molecular weight is 602 g/mol. The Hall–Kier alpha value is -4.87. The van der Waals surface area contributed by atoms with Gasteiger partial charge in [-0.1, -0.05) is 55.8 Å². The summed E-state index contributed by atoms with van der Waals surface area (Å²) in [6.07, 6.45) is 11.7. The van der Waals surface area contributed by atoms with Crippen LogP contribution in [0.15, 0.2) is 64.6 Å². The van der Waals surface area contributed by atoms with Crippen molar-refractivity contribution in [3.8, 4) is 6.01 Å². The number of carbonyl (C=O) groups is 2. The summed E-state index contributed by atoms with van der Waals surface area (Å²) in [4.78, 5) is 53.4. The Kier molecular flexibility index (Phi) is 9.78. The van der Waals surface area contributed by atoms with Gasteiger partial charge in [0.05, 0.1) is 26.7 Å². The lowest BCUT2D eigenvalue weighted by atomic mass is 10.0. The molecule has 44 heavy (non-hydrogen) atoms. The molecule has 1 amide bonds. The molecule has 1 aliphatic heterocycles. The third kappa shape index (κ3) is 7.36. The molecule has 3 N–H and O–H groups in total. The summed E-state index contributed by atoms with van der Waals surface area (Å²) in [5.41, 5.74) is 10.8. The van der Waals surface area contributed by atoms with Gasteiger partial charge in [-0.3, -0.25) is 14.2 Å². The molecule has 12 nitrogen and oxygen atoms in total. The molecule has 1 aliphatic carbocycles. The Morgan fingerprint density at radius 3 is 2.66 bits per heavy atom. The maximum absolute atomic E-state index is 13.7. The van der Waals surface area contributed by atoms with Gasteiger partial charge < -0.3 is 30.0 Å². The van der Waals surface area contributed by atoms with E-state index in [9.17, 15) is 14.4 Å². The van der Waals surface area contributed by atoms with E-state index < -0.39 is 0 Å². The highest BCUT2D eigenvalue weighted by molar-refractivity contribution is 5.82. The van der Waals surface area contributed by atoms with Crippen molar-refractivity contribution >= 4 is 28.9 Å². The van der Waals surface area contributed by atoms with E-state index in [0.717, 1.165) is 30.4 Å². The Balaban J connectivity index is 1.30. The predicted molar refractivity (Wildman–Crippen MR) is 167 cm³/mol. The summed E-state index contributed by atoms with van der Waals surface area (Å²) < 4.78 is 11.9. The lowest BCUT2D eigenvalue weighted by Gasteiger charge is -2.26. The molecule has 3 heterocycles. The zero-order valence-electron chi connectivity index (χ0n) is 25.3. The summed E-state index contributed by atoms with van der Waals surface area (Å²) >= 11 is 0. The number of nitrogens with two attached hydrogens (primary N) is 1. The van der Waals surface area contributed by atoms with Crippen LogP contribution >= 0.6 is 0 Å². The number of H-pyrrole nitrogens is 1. The van der Waals surface area contributed by atoms with Crippen LogP contribution in [0, 0.1) is 0 Å². The summed E-state index contributed by atoms with van der Waals surface area (Å²) in [5.74, 6) is -0.174. The zero-order valence-corrected chi connectivity index (χ0v) is 25.3. The number of benzene rings is 1. The molecule has 0 saturated heterocycles. The molecule has 2 aliphatic rings. The maximum atomic E-state index is 13.7. The molecular weight excluding hydrogens is 562 g/mol. The minimum absolute atomic E-state index is 0.0165. The van der Waals surface area contributed by atoms with Gasteiger partial charge >= 0.3 is 17.7 Å². The van der Waals surface area contributed by atoms with Gasteiger partial charge in [-0.15, -0.1) is 0 Å². The van der Waals surface area contributed by atoms with Gasteiger partial charge in [0.1, 0.15) is 5.52 Å². The van der Waals surface area contributed by atoms with E-state index in [2.05, 4.69) is 46.3 Å². The minimum atomic E-state index is -0.348. The second kappa shape index (κ2) is 14.1. The lowest BCUT2D eigenvalue weighted by Crippen LogP contribution is -2.39. The number of aromatic amines is 1. The summed E-state index contributed by atoms with van der Waals surface area (Å²) in [7, 11) is 1.37. The molecule has 0 bridgehead atoms. The van der Waals surface area contributed by atoms with Gasteiger partial charge in [-0.05, 0) is 41.5 Å². The predicted octanol–water partition coefficient (Wildman–Crippen LogP) is 3.10. The number of fused-ring (bicyclic) bond motifs is 2. The normalized spacial score (nSPS) is 13.9. The number of hydrogen-bond acceptors (Lipinski definition) is 9. The summed E-state index contributed by atoms with van der Waals surface area (Å²) in [5, 5.41) is 0. The number of esters is 1. The molecule has 12 heteroatoms. The third-order valence-corrected chi connectivity index (χ3v) is 7.73. The smallest absolute Gasteiger partial charge is 0.327 e. The molecule has 232 valence electrons. The number of anilines is 1. The highest BCUT2D eigenvalue weighted by Gasteiger charge is 2.23. The number of amides is 1. The molecule has 0 saturated carbocycles. The monoisotopic (exact) mass is 601 g/mol. The Morgan fingerprint density at radius 1 is 1.11 bits per heavy atom. The Bertz CT molecular complexity index is 1650. The number of rotatable bonds is 14. The van der Waals surface area contributed by atoms with Gasteiger partial charge in [-0.2, -0.15) is 9.97 Å². The molecule has 0 unspecified atom stereocenters. The van der Waals surface area contributed by atoms with Crippen LogP contribution in [-0.4, -0.2) is 74.5 Å². The fraction of sp³-hybridized carbons (Fsp3) is 0.406. The number of ether oxygens (including phenoxy) is 2. The number of aromatic nitrogens is 4. The van der Waals surface area contributed by atoms with Crippen molar-refractivity contribution in [2.24, 2.45) is 0 Å². The van der Waals surface area contributed by atoms with Crippen LogP contribution in [0.5, 0.6) is 6.01 Å². The number of imidazole rings is 1. The first-order valence-corrected chi connectivity index (χ1v) is 15.0. The molecule has 0 fully saturated rings. The third-order valence-electron chi connectivity index (χ3n) is 7.73. The SMILES string of the molecule is CCCCOc1nc(N)c2[nH]c(=O)n(CCCN(Cc3ccc(CC(=O)OC)cc3)C(=O)CN3C=C4CC=CC=C4C3)c2n1. The maximum Gasteiger partial charge on any atom is 0.327 e. The number of methoxy groups -OCH3 is 1. The van der Waals surface area contributed by atoms with Gasteiger partial charge in [-0.25, -0.2) is 4.79 Å². The first-order valence-electron chi connectivity index (χ1n) is 15.0. The second-order valence-corrected chi connectivity index (χ2v) is 11.0. The standard InChI is InChI=1S/C32H39N7O5/c1-3-4-16-44-31-35-29(33)28-30(36-31)39(32(42)34-28)15-7-14-38(18-23-12-10-22(11-13-23)17-27(41)43-2)26(40)21-37-19-24-8-5-6-9-25(24)20-37/h5-6,8,10-13,20H,3-4,7,9,14-19,21H2,1-2H3,(H,34,42)(H2,33,35,36). The first kappa shape index (κ1) is 30.6. The molecule has 1 aromatic carbocycles. The van der Waals surface area contributed by atoms with Gasteiger partial charge in [0.25, 0.3) is 0 Å². The number of nitrogens with zero attached hydrogens (tertiary/aromatic N) is 5. The van der Waals surface area contributed by atoms with Crippen LogP contribution in [0.4, 0.5) is 5.82 Å². The summed E-state index contributed by atoms with van der Waals surface area (Å²) in [6.45, 7) is 4.59. The van der Waals surface area contributed by atoms with Crippen molar-refractivity contribution in [1.82, 2.24) is 29.3 Å². The van der Waals surface area contributed by atoms with Gasteiger partial charge in [0.15, 0.2) is 11.5 Å². The topological polar surface area (TPSA) is 149 Å². The quantitative estimate of drug-likeness (QED) is 0.210. The van der Waals surface area contributed by atoms with Crippen LogP contribution in [0.2, 0.25) is 0 Å². The average Bonchev–Trinajstić information content (AvgIpc) is 3.57. The Morgan fingerprint density at radius 2 is 1.91 bits per heavy atom. The fourth-order valence-electron chi connectivity index (χ4n) is 5.31. The number of aryl methyl sites for hydroxylation is 1. The first-order chi connectivity index (χ1) is 21.3. The molecule has 0 atom stereocenters. The summed E-state index contributed by atoms with van der Waals surface area (Å²) in [6, 6.07) is 7.73. The van der Waals surface area contributed by atoms with Crippen LogP contribution < -0.4 is 16.2 Å². The van der Waals surface area contributed by atoms with E-state index in [-0.39, 0.29) is 42.4 Å². The zero-order chi connectivity index (χ0) is 31.1. The number of unbranched alkanes of at least 4 members (excludes halogenated alkanes) is 1. The number of hydrogen-bond donors (Lipinski definition) is 2. The number of carbonyl (C=O) groups excluding carboxylic acids is 2. The highest BCUT2D eigenvalue weighted by atomic mass is 16.5. The molecule has 3 aromatic rings. The van der Waals surface area contributed by atoms with E-state index in [1.807, 2.05) is 34.1 Å². The molecule has 2 aromatic heterocycles. The van der Waals surface area contributed by atoms with Crippen molar-refractivity contribution in [2.45, 2.75) is 52.1 Å². The largest absolute Gasteiger partial charge is 0.469 e. The van der Waals surface area contributed by atoms with E-state index in [1.165, 1.54) is 22.8 Å². The van der Waals surface area contributed by atoms with Crippen LogP contribution in [0.1, 0.15) is 43.7 Å². The minimum Gasteiger partial charge on any atom is -0.469 e. The number of nitrogens with one attached hydrogen (secondary N) is 1. The van der Waals surface area contributed by atoms with E-state index in [4.69, 9.17) is 15.2 Å². The number of nitrogen functional groups attached to an aromatic ring is 1. The van der Waals surface area contributed by atoms with E-state index >= 15 is 0 Å². The van der Waals surface area contributed by atoms with Crippen molar-refractivity contribution in [3.63, 3.8) is 0 Å². The molecule has 5 rings (SSSR count). The van der Waals surface area contributed by atoms with Gasteiger partial charge in [0.2, 0.25) is 5.91 Å². The van der Waals surface area contributed by atoms with E-state index in [0.29, 0.717) is 50.4 Å². The second-order valence-electron chi connectivity index (χ2n) is 11.0. The highest BCUT2D eigenvalue weighted by Crippen LogP contribution is 2.27. The van der Waals surface area contributed by atoms with Crippen LogP contribution in [0.3, 0.4) is 0 Å². The van der Waals surface area contributed by atoms with Crippen molar-refractivity contribution in [1.29, 1.82) is 0 Å². The lowest BCUT2D eigenvalue weighted by molar-refractivity contribution is -0.139. The van der Waals surface area contributed by atoms with Crippen molar-refractivity contribution < 1.29 is 19.1 Å². The van der Waals surface area contributed by atoms with Crippen LogP contribution in [0.25, 0.3) is 11.2 Å². The van der Waals surface area contributed by atoms with E-state index in [1.54, 1.807) is 0 Å². The number of allylic oxidation sites excluding steroid dienone is 3. The molecular formula is C32H39N7O5. The Labute approximate surface area is 255 Å². The van der Waals surface area contributed by atoms with Crippen molar-refractivity contribution in [2.75, 3.05) is 39.1 Å². The van der Waals surface area contributed by atoms with Crippen LogP contribution in [-0.2, 0) is 33.8 Å². The molecule has 0 radical (unpaired) electrons.